The molecule has 0 amide bonds. The third-order valence-electron chi connectivity index (χ3n) is 4.36. The summed E-state index contributed by atoms with van der Waals surface area (Å²) in [5.74, 6) is 1.62. The first kappa shape index (κ1) is 14.5. The quantitative estimate of drug-likeness (QED) is 0.917. The van der Waals surface area contributed by atoms with E-state index in [0.717, 1.165) is 49.1 Å². The SMILES string of the molecule is CC(C)N(Cc1nc2ccccc2o1)CC1CCNCC1. The topological polar surface area (TPSA) is 41.3 Å². The molecule has 1 aromatic heterocycles. The van der Waals surface area contributed by atoms with Crippen molar-refractivity contribution in [2.24, 2.45) is 5.92 Å². The van der Waals surface area contributed by atoms with Gasteiger partial charge in [0.2, 0.25) is 5.89 Å². The summed E-state index contributed by atoms with van der Waals surface area (Å²) in [5, 5.41) is 3.44. The van der Waals surface area contributed by atoms with Crippen LogP contribution in [0.2, 0.25) is 0 Å². The predicted octanol–water partition coefficient (Wildman–Crippen LogP) is 3.04. The Morgan fingerprint density at radius 3 is 2.76 bits per heavy atom. The van der Waals surface area contributed by atoms with Crippen LogP contribution in [0.25, 0.3) is 11.1 Å². The standard InChI is InChI=1S/C17H25N3O/c1-13(2)20(11-14-7-9-18-10-8-14)12-17-19-15-5-3-4-6-16(15)21-17/h3-6,13-14,18H,7-12H2,1-2H3. The lowest BCUT2D eigenvalue weighted by molar-refractivity contribution is 0.149. The number of piperidine rings is 1. The van der Waals surface area contributed by atoms with Crippen molar-refractivity contribution in [3.8, 4) is 0 Å². The Labute approximate surface area is 126 Å². The fourth-order valence-electron chi connectivity index (χ4n) is 3.02. The molecule has 0 aliphatic carbocycles. The molecule has 1 aliphatic rings. The third-order valence-corrected chi connectivity index (χ3v) is 4.36. The average Bonchev–Trinajstić information content (AvgIpc) is 2.90. The first-order valence-corrected chi connectivity index (χ1v) is 8.01. The Balaban J connectivity index is 1.68. The highest BCUT2D eigenvalue weighted by Crippen LogP contribution is 2.20. The summed E-state index contributed by atoms with van der Waals surface area (Å²) in [4.78, 5) is 7.09. The van der Waals surface area contributed by atoms with Crippen LogP contribution >= 0.6 is 0 Å². The minimum Gasteiger partial charge on any atom is -0.439 e. The second-order valence-electron chi connectivity index (χ2n) is 6.29. The summed E-state index contributed by atoms with van der Waals surface area (Å²) in [6.07, 6.45) is 2.55. The molecule has 0 atom stereocenters. The summed E-state index contributed by atoms with van der Waals surface area (Å²) < 4.78 is 5.87. The maximum Gasteiger partial charge on any atom is 0.209 e. The molecule has 114 valence electrons. The molecular weight excluding hydrogens is 262 g/mol. The van der Waals surface area contributed by atoms with E-state index in [0.29, 0.717) is 6.04 Å². The highest BCUT2D eigenvalue weighted by atomic mass is 16.3. The van der Waals surface area contributed by atoms with Gasteiger partial charge in [-0.1, -0.05) is 12.1 Å². The second kappa shape index (κ2) is 6.58. The van der Waals surface area contributed by atoms with E-state index >= 15 is 0 Å². The van der Waals surface area contributed by atoms with Crippen LogP contribution < -0.4 is 5.32 Å². The zero-order valence-electron chi connectivity index (χ0n) is 13.0. The normalized spacial score (nSPS) is 17.1. The zero-order valence-corrected chi connectivity index (χ0v) is 13.0. The summed E-state index contributed by atoms with van der Waals surface area (Å²) in [6, 6.07) is 8.50. The molecule has 4 heteroatoms. The van der Waals surface area contributed by atoms with Crippen molar-refractivity contribution in [1.29, 1.82) is 0 Å². The van der Waals surface area contributed by atoms with E-state index in [2.05, 4.69) is 29.0 Å². The molecule has 0 bridgehead atoms. The Kier molecular flexibility index (Phi) is 4.56. The maximum atomic E-state index is 5.87. The van der Waals surface area contributed by atoms with Gasteiger partial charge in [-0.2, -0.15) is 0 Å². The molecule has 3 rings (SSSR count). The van der Waals surface area contributed by atoms with Crippen molar-refractivity contribution < 1.29 is 4.42 Å². The van der Waals surface area contributed by atoms with Crippen molar-refractivity contribution in [3.63, 3.8) is 0 Å². The molecule has 0 spiro atoms. The monoisotopic (exact) mass is 287 g/mol. The molecular formula is C17H25N3O. The maximum absolute atomic E-state index is 5.87. The largest absolute Gasteiger partial charge is 0.439 e. The number of rotatable bonds is 5. The number of benzene rings is 1. The van der Waals surface area contributed by atoms with Crippen LogP contribution in [0.5, 0.6) is 0 Å². The van der Waals surface area contributed by atoms with Crippen LogP contribution in [0.3, 0.4) is 0 Å². The summed E-state index contributed by atoms with van der Waals surface area (Å²) in [7, 11) is 0. The molecule has 1 aliphatic heterocycles. The molecule has 21 heavy (non-hydrogen) atoms. The molecule has 2 aromatic rings. The van der Waals surface area contributed by atoms with Crippen LogP contribution in [0.15, 0.2) is 28.7 Å². The number of aromatic nitrogens is 1. The van der Waals surface area contributed by atoms with Crippen molar-refractivity contribution >= 4 is 11.1 Å². The third kappa shape index (κ3) is 3.63. The van der Waals surface area contributed by atoms with Crippen molar-refractivity contribution in [2.45, 2.75) is 39.3 Å². The predicted molar refractivity (Wildman–Crippen MR) is 85.1 cm³/mol. The van der Waals surface area contributed by atoms with Gasteiger partial charge in [0.05, 0.1) is 6.54 Å². The second-order valence-corrected chi connectivity index (χ2v) is 6.29. The van der Waals surface area contributed by atoms with E-state index in [-0.39, 0.29) is 0 Å². The van der Waals surface area contributed by atoms with Gasteiger partial charge in [-0.25, -0.2) is 4.98 Å². The van der Waals surface area contributed by atoms with Gasteiger partial charge in [0, 0.05) is 12.6 Å². The van der Waals surface area contributed by atoms with Gasteiger partial charge in [-0.15, -0.1) is 0 Å². The van der Waals surface area contributed by atoms with Gasteiger partial charge in [-0.05, 0) is 57.8 Å². The first-order chi connectivity index (χ1) is 10.2. The molecule has 0 saturated carbocycles. The van der Waals surface area contributed by atoms with E-state index in [9.17, 15) is 0 Å². The number of nitrogens with one attached hydrogen (secondary N) is 1. The van der Waals surface area contributed by atoms with Crippen LogP contribution in [0, 0.1) is 5.92 Å². The van der Waals surface area contributed by atoms with Crippen LogP contribution in [-0.4, -0.2) is 35.6 Å². The number of nitrogens with zero attached hydrogens (tertiary/aromatic N) is 2. The number of fused-ring (bicyclic) bond motifs is 1. The van der Waals surface area contributed by atoms with Crippen LogP contribution in [-0.2, 0) is 6.54 Å². The fourth-order valence-corrected chi connectivity index (χ4v) is 3.02. The number of oxazole rings is 1. The van der Waals surface area contributed by atoms with E-state index in [4.69, 9.17) is 4.42 Å². The minimum atomic E-state index is 0.509. The molecule has 4 nitrogen and oxygen atoms in total. The van der Waals surface area contributed by atoms with Gasteiger partial charge in [0.1, 0.15) is 5.52 Å². The van der Waals surface area contributed by atoms with Gasteiger partial charge in [0.15, 0.2) is 5.58 Å². The molecule has 1 N–H and O–H groups in total. The minimum absolute atomic E-state index is 0.509. The molecule has 1 saturated heterocycles. The van der Waals surface area contributed by atoms with E-state index in [1.165, 1.54) is 12.8 Å². The molecule has 2 heterocycles. The highest BCUT2D eigenvalue weighted by Gasteiger charge is 2.20. The molecule has 0 radical (unpaired) electrons. The van der Waals surface area contributed by atoms with Crippen LogP contribution in [0.4, 0.5) is 0 Å². The lowest BCUT2D eigenvalue weighted by Gasteiger charge is -2.31. The number of para-hydroxylation sites is 2. The Bertz CT molecular complexity index is 539. The molecule has 1 fully saturated rings. The highest BCUT2D eigenvalue weighted by molar-refractivity contribution is 5.72. The average molecular weight is 287 g/mol. The van der Waals surface area contributed by atoms with Crippen LogP contribution in [0.1, 0.15) is 32.6 Å². The summed E-state index contributed by atoms with van der Waals surface area (Å²) in [6.45, 7) is 8.75. The van der Waals surface area contributed by atoms with Gasteiger partial charge < -0.3 is 9.73 Å². The smallest absolute Gasteiger partial charge is 0.209 e. The van der Waals surface area contributed by atoms with Crippen molar-refractivity contribution in [3.05, 3.63) is 30.2 Å². The fraction of sp³-hybridized carbons (Fsp3) is 0.588. The summed E-state index contributed by atoms with van der Waals surface area (Å²) in [5.41, 5.74) is 1.84. The first-order valence-electron chi connectivity index (χ1n) is 8.01. The van der Waals surface area contributed by atoms with Gasteiger partial charge in [-0.3, -0.25) is 4.90 Å². The molecule has 0 unspecified atom stereocenters. The van der Waals surface area contributed by atoms with Gasteiger partial charge in [0.25, 0.3) is 0 Å². The van der Waals surface area contributed by atoms with Crippen molar-refractivity contribution in [2.75, 3.05) is 19.6 Å². The molecule has 1 aromatic carbocycles. The van der Waals surface area contributed by atoms with E-state index in [1.54, 1.807) is 0 Å². The van der Waals surface area contributed by atoms with Crippen molar-refractivity contribution in [1.82, 2.24) is 15.2 Å². The Morgan fingerprint density at radius 2 is 2.05 bits per heavy atom. The van der Waals surface area contributed by atoms with Gasteiger partial charge >= 0.3 is 0 Å². The Morgan fingerprint density at radius 1 is 1.29 bits per heavy atom. The lowest BCUT2D eigenvalue weighted by Crippen LogP contribution is -2.39. The summed E-state index contributed by atoms with van der Waals surface area (Å²) >= 11 is 0. The zero-order chi connectivity index (χ0) is 14.7. The van der Waals surface area contributed by atoms with E-state index in [1.807, 2.05) is 24.3 Å². The van der Waals surface area contributed by atoms with E-state index < -0.39 is 0 Å². The number of hydrogen-bond acceptors (Lipinski definition) is 4. The lowest BCUT2D eigenvalue weighted by atomic mass is 9.97. The Hall–Kier alpha value is -1.39. The number of hydrogen-bond donors (Lipinski definition) is 1.